The fraction of sp³-hybridized carbons (Fsp3) is 0.733. The molecule has 2 N–H and O–H groups in total. The standard InChI is InChI=1S/C15H23N5O/c21-15(14-9-13(17-18-14)11-1-2-11)20-7-5-19(6-8-20)12-3-4-16-10-12/h9,11-12,16H,1-8,10H2,(H,17,18). The van der Waals surface area contributed by atoms with Crippen LogP contribution in [0, 0.1) is 0 Å². The number of carbonyl (C=O) groups is 1. The third kappa shape index (κ3) is 2.70. The Morgan fingerprint density at radius 3 is 2.67 bits per heavy atom. The molecule has 1 unspecified atom stereocenters. The zero-order valence-corrected chi connectivity index (χ0v) is 12.3. The third-order valence-electron chi connectivity index (χ3n) is 4.99. The van der Waals surface area contributed by atoms with Crippen LogP contribution in [0.25, 0.3) is 0 Å². The molecule has 0 bridgehead atoms. The molecule has 3 heterocycles. The van der Waals surface area contributed by atoms with Gasteiger partial charge >= 0.3 is 0 Å². The molecule has 21 heavy (non-hydrogen) atoms. The zero-order valence-electron chi connectivity index (χ0n) is 12.3. The summed E-state index contributed by atoms with van der Waals surface area (Å²) in [6.07, 6.45) is 3.69. The second-order valence-electron chi connectivity index (χ2n) is 6.46. The van der Waals surface area contributed by atoms with Gasteiger partial charge < -0.3 is 10.2 Å². The van der Waals surface area contributed by atoms with E-state index in [9.17, 15) is 4.79 Å². The SMILES string of the molecule is O=C(c1cc(C2CC2)[nH]n1)N1CCN(C2CCNC2)CC1. The van der Waals surface area contributed by atoms with Crippen molar-refractivity contribution in [3.8, 4) is 0 Å². The van der Waals surface area contributed by atoms with Gasteiger partial charge in [0.25, 0.3) is 5.91 Å². The maximum atomic E-state index is 12.5. The lowest BCUT2D eigenvalue weighted by Crippen LogP contribution is -2.52. The zero-order chi connectivity index (χ0) is 14.2. The molecule has 3 aliphatic rings. The Balaban J connectivity index is 1.35. The van der Waals surface area contributed by atoms with E-state index in [0.717, 1.165) is 45.0 Å². The Bertz CT molecular complexity index is 510. The van der Waals surface area contributed by atoms with Crippen molar-refractivity contribution in [1.82, 2.24) is 25.3 Å². The van der Waals surface area contributed by atoms with Gasteiger partial charge in [0.15, 0.2) is 0 Å². The van der Waals surface area contributed by atoms with E-state index in [1.165, 1.54) is 19.3 Å². The minimum absolute atomic E-state index is 0.0855. The van der Waals surface area contributed by atoms with E-state index in [2.05, 4.69) is 20.4 Å². The summed E-state index contributed by atoms with van der Waals surface area (Å²) in [5.41, 5.74) is 1.72. The van der Waals surface area contributed by atoms with Gasteiger partial charge in [0.05, 0.1) is 0 Å². The highest BCUT2D eigenvalue weighted by Gasteiger charge is 2.30. The molecule has 1 aromatic heterocycles. The molecular weight excluding hydrogens is 266 g/mol. The molecule has 1 atom stereocenters. The van der Waals surface area contributed by atoms with Crippen LogP contribution in [0.1, 0.15) is 41.4 Å². The highest BCUT2D eigenvalue weighted by atomic mass is 16.2. The van der Waals surface area contributed by atoms with Crippen molar-refractivity contribution in [3.05, 3.63) is 17.5 Å². The smallest absolute Gasteiger partial charge is 0.274 e. The van der Waals surface area contributed by atoms with Gasteiger partial charge in [-0.2, -0.15) is 5.10 Å². The summed E-state index contributed by atoms with van der Waals surface area (Å²) in [6.45, 7) is 5.83. The van der Waals surface area contributed by atoms with E-state index in [4.69, 9.17) is 0 Å². The molecule has 1 aromatic rings. The minimum atomic E-state index is 0.0855. The average molecular weight is 289 g/mol. The van der Waals surface area contributed by atoms with Gasteiger partial charge in [0.1, 0.15) is 5.69 Å². The predicted molar refractivity (Wildman–Crippen MR) is 79.3 cm³/mol. The molecule has 3 fully saturated rings. The molecule has 2 saturated heterocycles. The lowest BCUT2D eigenvalue weighted by Gasteiger charge is -2.37. The molecule has 6 heteroatoms. The van der Waals surface area contributed by atoms with Gasteiger partial charge in [-0.25, -0.2) is 0 Å². The second-order valence-corrected chi connectivity index (χ2v) is 6.46. The van der Waals surface area contributed by atoms with Crippen LogP contribution >= 0.6 is 0 Å². The van der Waals surface area contributed by atoms with Crippen LogP contribution in [0.15, 0.2) is 6.07 Å². The van der Waals surface area contributed by atoms with Crippen LogP contribution in [-0.4, -0.2) is 71.2 Å². The Hall–Kier alpha value is -1.40. The Morgan fingerprint density at radius 2 is 2.00 bits per heavy atom. The van der Waals surface area contributed by atoms with E-state index in [-0.39, 0.29) is 5.91 Å². The lowest BCUT2D eigenvalue weighted by molar-refractivity contribution is 0.0578. The van der Waals surface area contributed by atoms with E-state index >= 15 is 0 Å². The van der Waals surface area contributed by atoms with Gasteiger partial charge in [-0.1, -0.05) is 0 Å². The fourth-order valence-electron chi connectivity index (χ4n) is 3.45. The number of nitrogens with one attached hydrogen (secondary N) is 2. The number of piperazine rings is 1. The van der Waals surface area contributed by atoms with Gasteiger partial charge in [0, 0.05) is 50.4 Å². The first-order chi connectivity index (χ1) is 10.3. The van der Waals surface area contributed by atoms with Gasteiger partial charge in [-0.05, 0) is 31.9 Å². The maximum absolute atomic E-state index is 12.5. The molecule has 1 amide bonds. The molecule has 6 nitrogen and oxygen atoms in total. The summed E-state index contributed by atoms with van der Waals surface area (Å²) in [6, 6.07) is 2.61. The van der Waals surface area contributed by atoms with Crippen molar-refractivity contribution in [2.75, 3.05) is 39.3 Å². The van der Waals surface area contributed by atoms with Crippen molar-refractivity contribution < 1.29 is 4.79 Å². The van der Waals surface area contributed by atoms with E-state index in [1.807, 2.05) is 11.0 Å². The fourth-order valence-corrected chi connectivity index (χ4v) is 3.45. The van der Waals surface area contributed by atoms with Crippen LogP contribution in [0.2, 0.25) is 0 Å². The van der Waals surface area contributed by atoms with E-state index in [1.54, 1.807) is 0 Å². The number of hydrogen-bond acceptors (Lipinski definition) is 4. The molecule has 2 aliphatic heterocycles. The number of aromatic nitrogens is 2. The second kappa shape index (κ2) is 5.42. The van der Waals surface area contributed by atoms with Crippen LogP contribution < -0.4 is 5.32 Å². The van der Waals surface area contributed by atoms with Crippen molar-refractivity contribution in [1.29, 1.82) is 0 Å². The summed E-state index contributed by atoms with van der Waals surface area (Å²) in [7, 11) is 0. The molecule has 0 aromatic carbocycles. The maximum Gasteiger partial charge on any atom is 0.274 e. The number of aromatic amines is 1. The number of carbonyl (C=O) groups excluding carboxylic acids is 1. The quantitative estimate of drug-likeness (QED) is 0.846. The molecule has 1 aliphatic carbocycles. The van der Waals surface area contributed by atoms with Crippen LogP contribution in [0.4, 0.5) is 0 Å². The Labute approximate surface area is 124 Å². The van der Waals surface area contributed by atoms with E-state index in [0.29, 0.717) is 17.7 Å². The normalized spacial score (nSPS) is 27.2. The molecule has 4 rings (SSSR count). The van der Waals surface area contributed by atoms with Crippen LogP contribution in [0.5, 0.6) is 0 Å². The summed E-state index contributed by atoms with van der Waals surface area (Å²) >= 11 is 0. The number of rotatable bonds is 3. The predicted octanol–water partition coefficient (Wildman–Crippen LogP) is 0.407. The summed E-state index contributed by atoms with van der Waals surface area (Å²) in [4.78, 5) is 17.0. The first-order valence-electron chi connectivity index (χ1n) is 8.10. The van der Waals surface area contributed by atoms with Crippen molar-refractivity contribution in [2.45, 2.75) is 31.2 Å². The molecule has 1 saturated carbocycles. The number of nitrogens with zero attached hydrogens (tertiary/aromatic N) is 3. The van der Waals surface area contributed by atoms with E-state index < -0.39 is 0 Å². The van der Waals surface area contributed by atoms with Crippen LogP contribution in [-0.2, 0) is 0 Å². The number of amides is 1. The average Bonchev–Trinajstić information content (AvgIpc) is 3.05. The monoisotopic (exact) mass is 289 g/mol. The Morgan fingerprint density at radius 1 is 1.19 bits per heavy atom. The molecular formula is C15H23N5O. The summed E-state index contributed by atoms with van der Waals surface area (Å²) in [5, 5.41) is 10.6. The topological polar surface area (TPSA) is 64.3 Å². The van der Waals surface area contributed by atoms with Gasteiger partial charge in [0.2, 0.25) is 0 Å². The van der Waals surface area contributed by atoms with Crippen molar-refractivity contribution in [3.63, 3.8) is 0 Å². The van der Waals surface area contributed by atoms with Gasteiger partial charge in [-0.15, -0.1) is 0 Å². The number of hydrogen-bond donors (Lipinski definition) is 2. The van der Waals surface area contributed by atoms with Crippen molar-refractivity contribution in [2.24, 2.45) is 0 Å². The number of H-pyrrole nitrogens is 1. The molecule has 0 spiro atoms. The molecule has 114 valence electrons. The summed E-state index contributed by atoms with van der Waals surface area (Å²) in [5.74, 6) is 0.702. The summed E-state index contributed by atoms with van der Waals surface area (Å²) < 4.78 is 0. The van der Waals surface area contributed by atoms with Crippen molar-refractivity contribution >= 4 is 5.91 Å². The molecule has 0 radical (unpaired) electrons. The minimum Gasteiger partial charge on any atom is -0.335 e. The highest BCUT2D eigenvalue weighted by Crippen LogP contribution is 2.39. The largest absolute Gasteiger partial charge is 0.335 e. The highest BCUT2D eigenvalue weighted by molar-refractivity contribution is 5.92. The Kier molecular flexibility index (Phi) is 3.43. The first-order valence-corrected chi connectivity index (χ1v) is 8.10. The van der Waals surface area contributed by atoms with Gasteiger partial charge in [-0.3, -0.25) is 14.8 Å². The lowest BCUT2D eigenvalue weighted by atomic mass is 10.2. The van der Waals surface area contributed by atoms with Crippen LogP contribution in [0.3, 0.4) is 0 Å². The first kappa shape index (κ1) is 13.3. The third-order valence-corrected chi connectivity index (χ3v) is 4.99.